The summed E-state index contributed by atoms with van der Waals surface area (Å²) in [5, 5.41) is 2.03. The SMILES string of the molecule is C=C1Cc2sccc2C(N)=N1. The minimum Gasteiger partial charge on any atom is -0.383 e. The fourth-order valence-corrected chi connectivity index (χ4v) is 2.08. The van der Waals surface area contributed by atoms with Crippen molar-refractivity contribution in [3.05, 3.63) is 34.2 Å². The van der Waals surface area contributed by atoms with Gasteiger partial charge >= 0.3 is 0 Å². The summed E-state index contributed by atoms with van der Waals surface area (Å²) in [6.07, 6.45) is 0.855. The first-order valence-corrected chi connectivity index (χ1v) is 4.24. The minimum atomic E-state index is 0.609. The van der Waals surface area contributed by atoms with E-state index in [0.717, 1.165) is 17.7 Å². The highest BCUT2D eigenvalue weighted by Crippen LogP contribution is 2.24. The van der Waals surface area contributed by atoms with Crippen LogP contribution in [0.5, 0.6) is 0 Å². The topological polar surface area (TPSA) is 38.4 Å². The molecule has 2 nitrogen and oxygen atoms in total. The number of hydrogen-bond donors (Lipinski definition) is 1. The van der Waals surface area contributed by atoms with Gasteiger partial charge in [0.15, 0.2) is 0 Å². The molecule has 1 aromatic heterocycles. The number of amidine groups is 1. The van der Waals surface area contributed by atoms with Crippen LogP contribution in [-0.2, 0) is 6.42 Å². The summed E-state index contributed by atoms with van der Waals surface area (Å²) in [7, 11) is 0. The molecule has 2 N–H and O–H groups in total. The van der Waals surface area contributed by atoms with Crippen molar-refractivity contribution in [1.29, 1.82) is 0 Å². The van der Waals surface area contributed by atoms with Gasteiger partial charge in [-0.1, -0.05) is 6.58 Å². The number of hydrogen-bond acceptors (Lipinski definition) is 3. The van der Waals surface area contributed by atoms with Crippen LogP contribution in [0.1, 0.15) is 10.4 Å². The zero-order valence-corrected chi connectivity index (χ0v) is 6.82. The number of rotatable bonds is 0. The number of allylic oxidation sites excluding steroid dienone is 1. The summed E-state index contributed by atoms with van der Waals surface area (Å²) in [5.74, 6) is 0.609. The van der Waals surface area contributed by atoms with Crippen LogP contribution in [0.25, 0.3) is 0 Å². The monoisotopic (exact) mass is 164 g/mol. The highest BCUT2D eigenvalue weighted by atomic mass is 32.1. The molecule has 0 saturated heterocycles. The third-order valence-electron chi connectivity index (χ3n) is 1.66. The molecule has 1 aromatic rings. The molecule has 0 atom stereocenters. The Labute approximate surface area is 69.1 Å². The quantitative estimate of drug-likeness (QED) is 0.620. The molecule has 0 radical (unpaired) electrons. The third-order valence-corrected chi connectivity index (χ3v) is 2.59. The van der Waals surface area contributed by atoms with E-state index >= 15 is 0 Å². The second-order valence-electron chi connectivity index (χ2n) is 2.50. The minimum absolute atomic E-state index is 0.609. The number of nitrogens with two attached hydrogens (primary N) is 1. The molecule has 3 heteroatoms. The Morgan fingerprint density at radius 2 is 2.45 bits per heavy atom. The summed E-state index contributed by atoms with van der Waals surface area (Å²) < 4.78 is 0. The molecule has 2 rings (SSSR count). The van der Waals surface area contributed by atoms with E-state index in [4.69, 9.17) is 5.73 Å². The van der Waals surface area contributed by atoms with Crippen molar-refractivity contribution in [1.82, 2.24) is 0 Å². The normalized spacial score (nSPS) is 16.0. The van der Waals surface area contributed by atoms with E-state index < -0.39 is 0 Å². The second kappa shape index (κ2) is 2.20. The predicted octanol–water partition coefficient (Wildman–Crippen LogP) is 1.52. The van der Waals surface area contributed by atoms with Crippen LogP contribution < -0.4 is 5.73 Å². The fraction of sp³-hybridized carbons (Fsp3) is 0.125. The maximum Gasteiger partial charge on any atom is 0.132 e. The molecule has 56 valence electrons. The molecule has 2 heterocycles. The molecular weight excluding hydrogens is 156 g/mol. The molecule has 1 aliphatic rings. The van der Waals surface area contributed by atoms with Gasteiger partial charge in [-0.05, 0) is 11.4 Å². The molecular formula is C8H8N2S. The molecule has 0 amide bonds. The van der Waals surface area contributed by atoms with Crippen LogP contribution in [0, 0.1) is 0 Å². The Kier molecular flexibility index (Phi) is 1.32. The molecule has 11 heavy (non-hydrogen) atoms. The predicted molar refractivity (Wildman–Crippen MR) is 47.9 cm³/mol. The first kappa shape index (κ1) is 6.61. The lowest BCUT2D eigenvalue weighted by Gasteiger charge is -2.09. The van der Waals surface area contributed by atoms with Gasteiger partial charge in [0.05, 0.1) is 0 Å². The Morgan fingerprint density at radius 3 is 3.27 bits per heavy atom. The van der Waals surface area contributed by atoms with Crippen LogP contribution in [0.15, 0.2) is 28.7 Å². The van der Waals surface area contributed by atoms with Crippen LogP contribution in [0.2, 0.25) is 0 Å². The fourth-order valence-electron chi connectivity index (χ4n) is 1.16. The molecule has 0 aliphatic carbocycles. The third kappa shape index (κ3) is 0.973. The maximum atomic E-state index is 5.68. The van der Waals surface area contributed by atoms with Crippen LogP contribution >= 0.6 is 11.3 Å². The van der Waals surface area contributed by atoms with E-state index in [1.165, 1.54) is 4.88 Å². The van der Waals surface area contributed by atoms with Gasteiger partial charge in [0.2, 0.25) is 0 Å². The maximum absolute atomic E-state index is 5.68. The summed E-state index contributed by atoms with van der Waals surface area (Å²) >= 11 is 1.71. The van der Waals surface area contributed by atoms with E-state index in [-0.39, 0.29) is 0 Å². The lowest BCUT2D eigenvalue weighted by atomic mass is 10.1. The van der Waals surface area contributed by atoms with Gasteiger partial charge in [-0.25, -0.2) is 4.99 Å². The van der Waals surface area contributed by atoms with E-state index in [0.29, 0.717) is 5.84 Å². The van der Waals surface area contributed by atoms with Crippen molar-refractivity contribution in [3.63, 3.8) is 0 Å². The first-order valence-electron chi connectivity index (χ1n) is 3.36. The second-order valence-corrected chi connectivity index (χ2v) is 3.50. The molecule has 0 unspecified atom stereocenters. The van der Waals surface area contributed by atoms with Gasteiger partial charge in [-0.3, -0.25) is 0 Å². The average molecular weight is 164 g/mol. The highest BCUT2D eigenvalue weighted by Gasteiger charge is 2.13. The Balaban J connectivity index is 2.58. The van der Waals surface area contributed by atoms with Crippen molar-refractivity contribution in [2.75, 3.05) is 0 Å². The largest absolute Gasteiger partial charge is 0.383 e. The average Bonchev–Trinajstić information content (AvgIpc) is 2.34. The van der Waals surface area contributed by atoms with E-state index in [1.807, 2.05) is 11.4 Å². The molecule has 0 spiro atoms. The van der Waals surface area contributed by atoms with Gasteiger partial charge in [-0.2, -0.15) is 0 Å². The van der Waals surface area contributed by atoms with Gasteiger partial charge in [0.25, 0.3) is 0 Å². The lowest BCUT2D eigenvalue weighted by molar-refractivity contribution is 1.11. The van der Waals surface area contributed by atoms with Crippen LogP contribution in [0.4, 0.5) is 0 Å². The molecule has 0 fully saturated rings. The van der Waals surface area contributed by atoms with Gasteiger partial charge in [0.1, 0.15) is 5.84 Å². The van der Waals surface area contributed by atoms with Gasteiger partial charge in [0, 0.05) is 22.6 Å². The summed E-state index contributed by atoms with van der Waals surface area (Å²) in [5.41, 5.74) is 7.62. The number of nitrogens with zero attached hydrogens (tertiary/aromatic N) is 1. The number of aliphatic imine (C=N–C) groups is 1. The molecule has 0 bridgehead atoms. The zero-order chi connectivity index (χ0) is 7.84. The Bertz CT molecular complexity index is 336. The Hall–Kier alpha value is -1.09. The highest BCUT2D eigenvalue weighted by molar-refractivity contribution is 7.10. The van der Waals surface area contributed by atoms with Crippen molar-refractivity contribution in [3.8, 4) is 0 Å². The summed E-state index contributed by atoms with van der Waals surface area (Å²) in [4.78, 5) is 5.38. The summed E-state index contributed by atoms with van der Waals surface area (Å²) in [6, 6.07) is 2.01. The van der Waals surface area contributed by atoms with Crippen molar-refractivity contribution in [2.45, 2.75) is 6.42 Å². The van der Waals surface area contributed by atoms with Crippen LogP contribution in [-0.4, -0.2) is 5.84 Å². The van der Waals surface area contributed by atoms with Crippen LogP contribution in [0.3, 0.4) is 0 Å². The number of fused-ring (bicyclic) bond motifs is 1. The van der Waals surface area contributed by atoms with Gasteiger partial charge in [-0.15, -0.1) is 11.3 Å². The summed E-state index contributed by atoms with van der Waals surface area (Å²) in [6.45, 7) is 3.78. The van der Waals surface area contributed by atoms with Crippen molar-refractivity contribution >= 4 is 17.2 Å². The smallest absolute Gasteiger partial charge is 0.132 e. The molecule has 0 aromatic carbocycles. The van der Waals surface area contributed by atoms with E-state index in [2.05, 4.69) is 11.6 Å². The standard InChI is InChI=1S/C8H8N2S/c1-5-4-7-6(2-3-11-7)8(9)10-5/h2-3H,1,4H2,(H2,9,10). The zero-order valence-electron chi connectivity index (χ0n) is 6.00. The van der Waals surface area contributed by atoms with Crippen molar-refractivity contribution in [2.24, 2.45) is 10.7 Å². The van der Waals surface area contributed by atoms with E-state index in [1.54, 1.807) is 11.3 Å². The molecule has 1 aliphatic heterocycles. The van der Waals surface area contributed by atoms with E-state index in [9.17, 15) is 0 Å². The Morgan fingerprint density at radius 1 is 1.64 bits per heavy atom. The molecule has 0 saturated carbocycles. The first-order chi connectivity index (χ1) is 5.27. The van der Waals surface area contributed by atoms with Gasteiger partial charge < -0.3 is 5.73 Å². The lowest BCUT2D eigenvalue weighted by Crippen LogP contribution is -2.17. The van der Waals surface area contributed by atoms with Crippen molar-refractivity contribution < 1.29 is 0 Å². The number of thiophene rings is 1.